The third-order valence-corrected chi connectivity index (χ3v) is 5.05. The first-order chi connectivity index (χ1) is 13.2. The van der Waals surface area contributed by atoms with Gasteiger partial charge in [-0.05, 0) is 30.3 Å². The fourth-order valence-corrected chi connectivity index (χ4v) is 3.51. The monoisotopic (exact) mass is 402 g/mol. The first-order valence-corrected chi connectivity index (χ1v) is 9.20. The molecule has 0 aliphatic carbocycles. The van der Waals surface area contributed by atoms with Gasteiger partial charge in [0, 0.05) is 5.56 Å². The van der Waals surface area contributed by atoms with Crippen LogP contribution >= 0.6 is 22.9 Å². The number of ether oxygens (including phenoxy) is 3. The minimum Gasteiger partial charge on any atom is -0.493 e. The van der Waals surface area contributed by atoms with Crippen LogP contribution in [0, 0.1) is 0 Å². The van der Waals surface area contributed by atoms with Gasteiger partial charge in [0.1, 0.15) is 12.4 Å². The third-order valence-electron chi connectivity index (χ3n) is 3.86. The second-order valence-corrected chi connectivity index (χ2v) is 6.95. The molecular weight excluding hydrogens is 388 g/mol. The van der Waals surface area contributed by atoms with Gasteiger partial charge in [-0.1, -0.05) is 35.1 Å². The van der Waals surface area contributed by atoms with Crippen molar-refractivity contribution in [1.29, 1.82) is 0 Å². The zero-order valence-corrected chi connectivity index (χ0v) is 16.1. The van der Waals surface area contributed by atoms with Crippen LogP contribution in [0.3, 0.4) is 0 Å². The summed E-state index contributed by atoms with van der Waals surface area (Å²) in [7, 11) is 3.19. The minimum atomic E-state index is 0.295. The molecule has 138 valence electrons. The average molecular weight is 403 g/mol. The standard InChI is InChI=1S/C18H15ClN4O3S/c1-24-14-8-7-11(9-15(14)25-2)17-20-21-18-23(17)22-16(27-18)10-26-13-6-4-3-5-12(13)19/h3-9H,10H2,1-2H3. The van der Waals surface area contributed by atoms with Crippen molar-refractivity contribution in [2.24, 2.45) is 0 Å². The summed E-state index contributed by atoms with van der Waals surface area (Å²) in [6, 6.07) is 12.9. The molecule has 0 bridgehead atoms. The predicted octanol–water partition coefficient (Wildman–Crippen LogP) is 4.10. The lowest BCUT2D eigenvalue weighted by molar-refractivity contribution is 0.304. The lowest BCUT2D eigenvalue weighted by Crippen LogP contribution is -1.98. The zero-order valence-electron chi connectivity index (χ0n) is 14.5. The quantitative estimate of drug-likeness (QED) is 0.483. The number of fused-ring (bicyclic) bond motifs is 1. The summed E-state index contributed by atoms with van der Waals surface area (Å²) in [4.78, 5) is 0.678. The van der Waals surface area contributed by atoms with Crippen LogP contribution < -0.4 is 14.2 Å². The molecule has 0 fully saturated rings. The van der Waals surface area contributed by atoms with E-state index in [1.807, 2.05) is 36.4 Å². The van der Waals surface area contributed by atoms with Gasteiger partial charge < -0.3 is 14.2 Å². The second kappa shape index (κ2) is 7.42. The fraction of sp³-hybridized carbons (Fsp3) is 0.167. The van der Waals surface area contributed by atoms with Crippen molar-refractivity contribution in [3.05, 3.63) is 52.5 Å². The van der Waals surface area contributed by atoms with Crippen molar-refractivity contribution in [1.82, 2.24) is 19.8 Å². The van der Waals surface area contributed by atoms with Crippen LogP contribution in [0.2, 0.25) is 5.02 Å². The van der Waals surface area contributed by atoms with Crippen LogP contribution in [0.4, 0.5) is 0 Å². The van der Waals surface area contributed by atoms with Gasteiger partial charge in [-0.3, -0.25) is 0 Å². The molecule has 2 aromatic carbocycles. The summed E-state index contributed by atoms with van der Waals surface area (Å²) in [5, 5.41) is 14.3. The van der Waals surface area contributed by atoms with Crippen molar-refractivity contribution in [3.63, 3.8) is 0 Å². The Bertz CT molecular complexity index is 1100. The van der Waals surface area contributed by atoms with E-state index in [-0.39, 0.29) is 0 Å². The molecule has 0 saturated heterocycles. The van der Waals surface area contributed by atoms with Gasteiger partial charge in [0.05, 0.1) is 19.2 Å². The first-order valence-electron chi connectivity index (χ1n) is 8.00. The number of para-hydroxylation sites is 1. The Labute approximate surface area is 164 Å². The maximum absolute atomic E-state index is 6.11. The highest BCUT2D eigenvalue weighted by molar-refractivity contribution is 7.16. The van der Waals surface area contributed by atoms with E-state index < -0.39 is 0 Å². The molecule has 0 amide bonds. The molecule has 2 heterocycles. The topological polar surface area (TPSA) is 70.8 Å². The summed E-state index contributed by atoms with van der Waals surface area (Å²) < 4.78 is 18.1. The molecule has 7 nitrogen and oxygen atoms in total. The van der Waals surface area contributed by atoms with Gasteiger partial charge in [0.15, 0.2) is 22.3 Å². The van der Waals surface area contributed by atoms with Crippen molar-refractivity contribution in [2.45, 2.75) is 6.61 Å². The molecule has 0 N–H and O–H groups in total. The van der Waals surface area contributed by atoms with Gasteiger partial charge in [-0.2, -0.15) is 9.61 Å². The SMILES string of the molecule is COc1ccc(-c2nnc3sc(COc4ccccc4Cl)nn23)cc1OC. The Hall–Kier alpha value is -2.84. The van der Waals surface area contributed by atoms with Crippen molar-refractivity contribution in [2.75, 3.05) is 14.2 Å². The Morgan fingerprint density at radius 2 is 1.81 bits per heavy atom. The molecule has 0 spiro atoms. The highest BCUT2D eigenvalue weighted by atomic mass is 35.5. The van der Waals surface area contributed by atoms with Gasteiger partial charge in [0.25, 0.3) is 0 Å². The van der Waals surface area contributed by atoms with E-state index in [0.29, 0.717) is 39.7 Å². The Morgan fingerprint density at radius 3 is 2.59 bits per heavy atom. The highest BCUT2D eigenvalue weighted by Gasteiger charge is 2.16. The summed E-state index contributed by atoms with van der Waals surface area (Å²) in [6.07, 6.45) is 0. The number of halogens is 1. The zero-order chi connectivity index (χ0) is 18.8. The van der Waals surface area contributed by atoms with E-state index in [2.05, 4.69) is 15.3 Å². The molecule has 0 unspecified atom stereocenters. The van der Waals surface area contributed by atoms with Crippen LogP contribution in [-0.4, -0.2) is 34.0 Å². The summed E-state index contributed by atoms with van der Waals surface area (Å²) in [6.45, 7) is 0.295. The fourth-order valence-electron chi connectivity index (χ4n) is 2.57. The van der Waals surface area contributed by atoms with Gasteiger partial charge in [0.2, 0.25) is 4.96 Å². The van der Waals surface area contributed by atoms with E-state index in [9.17, 15) is 0 Å². The molecule has 9 heteroatoms. The summed E-state index contributed by atoms with van der Waals surface area (Å²) >= 11 is 7.52. The number of rotatable bonds is 6. The molecule has 27 heavy (non-hydrogen) atoms. The molecule has 0 atom stereocenters. The average Bonchev–Trinajstić information content (AvgIpc) is 3.27. The molecule has 0 radical (unpaired) electrons. The van der Waals surface area contributed by atoms with Gasteiger partial charge in [-0.15, -0.1) is 10.2 Å². The second-order valence-electron chi connectivity index (χ2n) is 5.50. The van der Waals surface area contributed by atoms with Crippen LogP contribution in [0.15, 0.2) is 42.5 Å². The number of benzene rings is 2. The molecule has 0 aliphatic heterocycles. The molecule has 0 aliphatic rings. The highest BCUT2D eigenvalue weighted by Crippen LogP contribution is 2.32. The Balaban J connectivity index is 1.62. The van der Waals surface area contributed by atoms with Crippen LogP contribution in [0.25, 0.3) is 16.3 Å². The first kappa shape index (κ1) is 17.6. The number of hydrogen-bond acceptors (Lipinski definition) is 7. The minimum absolute atomic E-state index is 0.295. The number of methoxy groups -OCH3 is 2. The predicted molar refractivity (Wildman–Crippen MR) is 103 cm³/mol. The number of aromatic nitrogens is 4. The molecule has 4 aromatic rings. The van der Waals surface area contributed by atoms with Crippen LogP contribution in [0.5, 0.6) is 17.2 Å². The normalized spacial score (nSPS) is 10.9. The lowest BCUT2D eigenvalue weighted by Gasteiger charge is -2.08. The molecular formula is C18H15ClN4O3S. The smallest absolute Gasteiger partial charge is 0.235 e. The lowest BCUT2D eigenvalue weighted by atomic mass is 10.2. The van der Waals surface area contributed by atoms with Crippen molar-refractivity contribution >= 4 is 27.9 Å². The van der Waals surface area contributed by atoms with E-state index in [1.54, 1.807) is 24.8 Å². The van der Waals surface area contributed by atoms with E-state index in [4.69, 9.17) is 25.8 Å². The number of nitrogens with zero attached hydrogens (tertiary/aromatic N) is 4. The van der Waals surface area contributed by atoms with Crippen molar-refractivity contribution < 1.29 is 14.2 Å². The maximum Gasteiger partial charge on any atom is 0.235 e. The maximum atomic E-state index is 6.11. The third kappa shape index (κ3) is 3.41. The largest absolute Gasteiger partial charge is 0.493 e. The molecule has 0 saturated carbocycles. The molecule has 2 aromatic heterocycles. The van der Waals surface area contributed by atoms with Gasteiger partial charge >= 0.3 is 0 Å². The summed E-state index contributed by atoms with van der Waals surface area (Å²) in [5.41, 5.74) is 0.823. The van der Waals surface area contributed by atoms with E-state index in [0.717, 1.165) is 10.6 Å². The summed E-state index contributed by atoms with van der Waals surface area (Å²) in [5.74, 6) is 2.50. The number of hydrogen-bond donors (Lipinski definition) is 0. The van der Waals surface area contributed by atoms with Crippen molar-refractivity contribution in [3.8, 4) is 28.6 Å². The Kier molecular flexibility index (Phi) is 4.83. The Morgan fingerprint density at radius 1 is 1.00 bits per heavy atom. The van der Waals surface area contributed by atoms with Crippen LogP contribution in [0.1, 0.15) is 5.01 Å². The van der Waals surface area contributed by atoms with Crippen LogP contribution in [-0.2, 0) is 6.61 Å². The van der Waals surface area contributed by atoms with Gasteiger partial charge in [-0.25, -0.2) is 0 Å². The van der Waals surface area contributed by atoms with E-state index >= 15 is 0 Å². The molecule has 4 rings (SSSR count). The van der Waals surface area contributed by atoms with E-state index in [1.165, 1.54) is 11.3 Å².